The predicted molar refractivity (Wildman–Crippen MR) is 108 cm³/mol. The summed E-state index contributed by atoms with van der Waals surface area (Å²) in [7, 11) is 0. The molecule has 0 amide bonds. The number of hydrogen-bond donors (Lipinski definition) is 1. The van der Waals surface area contributed by atoms with Crippen molar-refractivity contribution in [3.05, 3.63) is 63.7 Å². The average Bonchev–Trinajstić information content (AvgIpc) is 2.64. The normalized spacial score (nSPS) is 26.0. The first-order valence-electron chi connectivity index (χ1n) is 9.02. The molecule has 0 aliphatic carbocycles. The monoisotopic (exact) mass is 383 g/mol. The largest absolute Gasteiger partial charge is 0.467 e. The maximum absolute atomic E-state index is 11.2. The summed E-state index contributed by atoms with van der Waals surface area (Å²) in [6, 6.07) is 12.8. The van der Waals surface area contributed by atoms with Crippen LogP contribution < -0.4 is 15.0 Å². The lowest BCUT2D eigenvalue weighted by molar-refractivity contribution is -0.385. The number of nitro groups is 1. The molecule has 2 aromatic rings. The molecule has 1 saturated heterocycles. The van der Waals surface area contributed by atoms with Gasteiger partial charge < -0.3 is 10.1 Å². The molecule has 2 aliphatic heterocycles. The molecule has 27 heavy (non-hydrogen) atoms. The number of aryl methyl sites for hydroxylation is 1. The molecule has 7 heteroatoms. The van der Waals surface area contributed by atoms with Crippen LogP contribution in [0.1, 0.15) is 37.9 Å². The van der Waals surface area contributed by atoms with E-state index in [2.05, 4.69) is 31.3 Å². The number of hydrogen-bond acceptors (Lipinski definition) is 4. The molecule has 0 aromatic heterocycles. The number of non-ortho nitro benzene ring substituents is 1. The number of para-hydroxylation sites is 1. The zero-order valence-electron chi connectivity index (χ0n) is 15.4. The van der Waals surface area contributed by atoms with Gasteiger partial charge in [-0.1, -0.05) is 32.0 Å². The molecule has 6 nitrogen and oxygen atoms in total. The summed E-state index contributed by atoms with van der Waals surface area (Å²) in [4.78, 5) is 12.8. The van der Waals surface area contributed by atoms with Crippen LogP contribution in [0.4, 0.5) is 11.4 Å². The predicted octanol–water partition coefficient (Wildman–Crippen LogP) is 4.34. The van der Waals surface area contributed by atoms with E-state index in [0.717, 1.165) is 17.7 Å². The Morgan fingerprint density at radius 2 is 2.07 bits per heavy atom. The summed E-state index contributed by atoms with van der Waals surface area (Å²) in [6.07, 6.45) is 0.881. The third kappa shape index (κ3) is 2.56. The number of anilines is 1. The van der Waals surface area contributed by atoms with Gasteiger partial charge in [0.05, 0.1) is 16.7 Å². The minimum Gasteiger partial charge on any atom is -0.467 e. The number of fused-ring (bicyclic) bond motifs is 4. The molecule has 1 fully saturated rings. The van der Waals surface area contributed by atoms with Gasteiger partial charge in [0.2, 0.25) is 0 Å². The summed E-state index contributed by atoms with van der Waals surface area (Å²) < 4.78 is 6.45. The van der Waals surface area contributed by atoms with Crippen LogP contribution in [0.25, 0.3) is 0 Å². The third-order valence-electron chi connectivity index (χ3n) is 5.74. The topological polar surface area (TPSA) is 67.6 Å². The van der Waals surface area contributed by atoms with E-state index in [4.69, 9.17) is 17.0 Å². The summed E-state index contributed by atoms with van der Waals surface area (Å²) >= 11 is 5.71. The average molecular weight is 383 g/mol. The lowest BCUT2D eigenvalue weighted by Gasteiger charge is -2.56. The zero-order chi connectivity index (χ0) is 19.3. The number of ether oxygens (including phenoxy) is 1. The van der Waals surface area contributed by atoms with Crippen molar-refractivity contribution in [1.82, 2.24) is 5.32 Å². The first kappa shape index (κ1) is 17.7. The molecule has 0 spiro atoms. The second kappa shape index (κ2) is 6.20. The minimum absolute atomic E-state index is 0.0172. The van der Waals surface area contributed by atoms with Gasteiger partial charge in [-0.25, -0.2) is 0 Å². The van der Waals surface area contributed by atoms with Gasteiger partial charge in [0.1, 0.15) is 5.75 Å². The van der Waals surface area contributed by atoms with Gasteiger partial charge in [0.15, 0.2) is 10.8 Å². The fraction of sp³-hybridized carbons (Fsp3) is 0.350. The Labute approximate surface area is 163 Å². The first-order valence-corrected chi connectivity index (χ1v) is 9.43. The van der Waals surface area contributed by atoms with Crippen molar-refractivity contribution in [2.75, 3.05) is 4.90 Å². The van der Waals surface area contributed by atoms with Crippen LogP contribution in [0.15, 0.2) is 42.5 Å². The highest BCUT2D eigenvalue weighted by molar-refractivity contribution is 7.80. The van der Waals surface area contributed by atoms with Crippen LogP contribution in [0.3, 0.4) is 0 Å². The number of nitro benzene ring substituents is 1. The Bertz CT molecular complexity index is 948. The van der Waals surface area contributed by atoms with Crippen LogP contribution >= 0.6 is 12.2 Å². The molecule has 0 saturated carbocycles. The van der Waals surface area contributed by atoms with Crippen LogP contribution in [0.5, 0.6) is 5.75 Å². The molecule has 2 bridgehead atoms. The summed E-state index contributed by atoms with van der Waals surface area (Å²) in [5.74, 6) is 0.670. The van der Waals surface area contributed by atoms with Gasteiger partial charge in [0, 0.05) is 23.6 Å². The second-order valence-corrected chi connectivity index (χ2v) is 7.56. The van der Waals surface area contributed by atoms with Crippen LogP contribution in [-0.2, 0) is 6.42 Å². The molecule has 3 atom stereocenters. The van der Waals surface area contributed by atoms with Crippen molar-refractivity contribution >= 4 is 28.7 Å². The lowest BCUT2D eigenvalue weighted by atomic mass is 9.80. The Morgan fingerprint density at radius 1 is 1.33 bits per heavy atom. The molecule has 1 N–H and O–H groups in total. The van der Waals surface area contributed by atoms with Gasteiger partial charge in [-0.15, -0.1) is 0 Å². The van der Waals surface area contributed by atoms with Gasteiger partial charge in [-0.05, 0) is 43.3 Å². The standard InChI is InChI=1S/C20H21N3O3S/c1-4-13-7-5-6-8-16(13)22-19(27)21-18-12(2)20(22,3)26-17-10-9-14(23(24)25)11-15(17)18/h5-12,18H,4H2,1-3H3,(H,21,27)/t12-,18+,20-/m0/s1. The molecular weight excluding hydrogens is 362 g/mol. The van der Waals surface area contributed by atoms with Gasteiger partial charge >= 0.3 is 0 Å². The van der Waals surface area contributed by atoms with Crippen LogP contribution in [0.2, 0.25) is 0 Å². The fourth-order valence-electron chi connectivity index (χ4n) is 4.11. The van der Waals surface area contributed by atoms with Crippen molar-refractivity contribution in [2.24, 2.45) is 5.92 Å². The Balaban J connectivity index is 1.85. The van der Waals surface area contributed by atoms with E-state index < -0.39 is 5.72 Å². The van der Waals surface area contributed by atoms with Crippen molar-refractivity contribution < 1.29 is 9.66 Å². The number of nitrogens with zero attached hydrogens (tertiary/aromatic N) is 2. The molecule has 2 aliphatic rings. The Kier molecular flexibility index (Phi) is 4.07. The number of nitrogens with one attached hydrogen (secondary N) is 1. The molecule has 2 aromatic carbocycles. The highest BCUT2D eigenvalue weighted by Gasteiger charge is 2.54. The lowest BCUT2D eigenvalue weighted by Crippen LogP contribution is -2.69. The van der Waals surface area contributed by atoms with Crippen molar-refractivity contribution in [3.8, 4) is 5.75 Å². The minimum atomic E-state index is -0.693. The van der Waals surface area contributed by atoms with E-state index >= 15 is 0 Å². The van der Waals surface area contributed by atoms with Gasteiger partial charge in [-0.3, -0.25) is 15.0 Å². The highest BCUT2D eigenvalue weighted by atomic mass is 32.1. The smallest absolute Gasteiger partial charge is 0.270 e. The number of benzene rings is 2. The van der Waals surface area contributed by atoms with Crippen LogP contribution in [-0.4, -0.2) is 15.8 Å². The highest BCUT2D eigenvalue weighted by Crippen LogP contribution is 2.50. The van der Waals surface area contributed by atoms with Crippen molar-refractivity contribution in [3.63, 3.8) is 0 Å². The first-order chi connectivity index (χ1) is 12.9. The fourth-order valence-corrected chi connectivity index (χ4v) is 4.51. The molecule has 2 heterocycles. The zero-order valence-corrected chi connectivity index (χ0v) is 16.2. The van der Waals surface area contributed by atoms with E-state index in [1.54, 1.807) is 12.1 Å². The van der Waals surface area contributed by atoms with E-state index in [9.17, 15) is 10.1 Å². The maximum Gasteiger partial charge on any atom is 0.270 e. The maximum atomic E-state index is 11.2. The van der Waals surface area contributed by atoms with Crippen molar-refractivity contribution in [1.29, 1.82) is 0 Å². The SMILES string of the molecule is CCc1ccccc1N1C(=S)N[C@H]2c3cc([N+](=O)[O-])ccc3O[C@@]1(C)[C@H]2C. The summed E-state index contributed by atoms with van der Waals surface area (Å²) in [5.41, 5.74) is 2.35. The molecule has 0 unspecified atom stereocenters. The quantitative estimate of drug-likeness (QED) is 0.483. The van der Waals surface area contributed by atoms with Gasteiger partial charge in [-0.2, -0.15) is 0 Å². The number of rotatable bonds is 3. The van der Waals surface area contributed by atoms with E-state index in [-0.39, 0.29) is 22.6 Å². The van der Waals surface area contributed by atoms with E-state index in [1.165, 1.54) is 11.6 Å². The number of thiocarbonyl (C=S) groups is 1. The molecule has 140 valence electrons. The molecule has 0 radical (unpaired) electrons. The third-order valence-corrected chi connectivity index (χ3v) is 6.04. The second-order valence-electron chi connectivity index (χ2n) is 7.17. The van der Waals surface area contributed by atoms with Crippen molar-refractivity contribution in [2.45, 2.75) is 39.0 Å². The van der Waals surface area contributed by atoms with E-state index in [1.807, 2.05) is 24.0 Å². The molecule has 4 rings (SSSR count). The molecular formula is C20H21N3O3S. The van der Waals surface area contributed by atoms with E-state index in [0.29, 0.717) is 10.9 Å². The summed E-state index contributed by atoms with van der Waals surface area (Å²) in [6.45, 7) is 6.24. The van der Waals surface area contributed by atoms with Crippen LogP contribution in [0, 0.1) is 16.0 Å². The summed E-state index contributed by atoms with van der Waals surface area (Å²) in [5, 5.41) is 15.2. The Hall–Kier alpha value is -2.67. The van der Waals surface area contributed by atoms with Gasteiger partial charge in [0.25, 0.3) is 5.69 Å². The Morgan fingerprint density at radius 3 is 2.78 bits per heavy atom.